The van der Waals surface area contributed by atoms with Crippen molar-refractivity contribution in [2.75, 3.05) is 0 Å². The van der Waals surface area contributed by atoms with Crippen molar-refractivity contribution in [2.45, 2.75) is 32.6 Å². The number of hydrogen-bond acceptors (Lipinski definition) is 2. The predicted molar refractivity (Wildman–Crippen MR) is 110 cm³/mol. The molecule has 1 heterocycles. The third kappa shape index (κ3) is 4.67. The third-order valence-corrected chi connectivity index (χ3v) is 5.28. The average Bonchev–Trinajstić information content (AvgIpc) is 2.62. The number of aromatic nitrogens is 1. The third-order valence-electron chi connectivity index (χ3n) is 4.56. The second kappa shape index (κ2) is 8.41. The molecule has 0 radical (unpaired) electrons. The molecule has 0 aliphatic heterocycles. The van der Waals surface area contributed by atoms with E-state index in [0.29, 0.717) is 12.8 Å². The Morgan fingerprint density at radius 3 is 2.46 bits per heavy atom. The first-order valence-electron chi connectivity index (χ1n) is 8.81. The van der Waals surface area contributed by atoms with E-state index in [1.165, 1.54) is 5.56 Å². The molecule has 3 aromatic rings. The Balaban J connectivity index is 1.64. The average molecular weight is 408 g/mol. The van der Waals surface area contributed by atoms with Gasteiger partial charge in [-0.2, -0.15) is 0 Å². The topological polar surface area (TPSA) is 30.0 Å². The molecule has 0 saturated carbocycles. The van der Waals surface area contributed by atoms with Gasteiger partial charge in [-0.3, -0.25) is 9.78 Å². The summed E-state index contributed by atoms with van der Waals surface area (Å²) in [5.74, 6) is 0.470. The van der Waals surface area contributed by atoms with E-state index >= 15 is 0 Å². The summed E-state index contributed by atoms with van der Waals surface area (Å²) in [5, 5.41) is 0. The summed E-state index contributed by atoms with van der Waals surface area (Å²) >= 11 is 3.57. The number of benzene rings is 2. The van der Waals surface area contributed by atoms with Gasteiger partial charge < -0.3 is 0 Å². The number of carbonyl (C=O) groups excluding carboxylic acids is 1. The van der Waals surface area contributed by atoms with Gasteiger partial charge in [-0.05, 0) is 53.3 Å². The van der Waals surface area contributed by atoms with E-state index in [1.54, 1.807) is 0 Å². The predicted octanol–water partition coefficient (Wildman–Crippen LogP) is 6.12. The van der Waals surface area contributed by atoms with Crippen LogP contribution in [-0.2, 0) is 11.2 Å². The molecule has 0 bridgehead atoms. The summed E-state index contributed by atoms with van der Waals surface area (Å²) in [5.41, 5.74) is 5.54. The minimum Gasteiger partial charge on any atom is -0.299 e. The lowest BCUT2D eigenvalue weighted by Crippen LogP contribution is -2.08. The number of pyridine rings is 1. The Kier molecular flexibility index (Phi) is 6.00. The van der Waals surface area contributed by atoms with Crippen molar-refractivity contribution in [1.29, 1.82) is 0 Å². The Morgan fingerprint density at radius 1 is 1.04 bits per heavy atom. The second-order valence-corrected chi connectivity index (χ2v) is 7.58. The van der Waals surface area contributed by atoms with Crippen LogP contribution in [0.2, 0.25) is 0 Å². The van der Waals surface area contributed by atoms with Gasteiger partial charge in [0.25, 0.3) is 0 Å². The summed E-state index contributed by atoms with van der Waals surface area (Å²) < 4.78 is 1.07. The van der Waals surface area contributed by atoms with Crippen LogP contribution in [0.5, 0.6) is 0 Å². The molecule has 0 spiro atoms. The van der Waals surface area contributed by atoms with Crippen molar-refractivity contribution in [3.8, 4) is 11.1 Å². The van der Waals surface area contributed by atoms with Crippen LogP contribution in [0.3, 0.4) is 0 Å². The summed E-state index contributed by atoms with van der Waals surface area (Å²) in [7, 11) is 0. The molecule has 1 aromatic heterocycles. The Hall–Kier alpha value is -2.26. The van der Waals surface area contributed by atoms with Crippen LogP contribution in [0.15, 0.2) is 71.3 Å². The number of carbonyl (C=O) groups is 1. The van der Waals surface area contributed by atoms with E-state index in [2.05, 4.69) is 52.1 Å². The normalized spacial score (nSPS) is 12.0. The minimum atomic E-state index is 0.206. The second-order valence-electron chi connectivity index (χ2n) is 6.72. The molecule has 3 heteroatoms. The fraction of sp³-hybridized carbons (Fsp3) is 0.217. The molecule has 1 unspecified atom stereocenters. The maximum atomic E-state index is 12.5. The maximum absolute atomic E-state index is 12.5. The first-order chi connectivity index (χ1) is 12.5. The standard InChI is InChI=1S/C23H22BrNO/c1-16(22-5-3-4-6-23(22)24)13-21(26)15-18-7-9-19(10-8-18)20-11-12-25-17(2)14-20/h3-12,14,16H,13,15H2,1-2H3. The van der Waals surface area contributed by atoms with Gasteiger partial charge in [0.1, 0.15) is 5.78 Å². The molecular formula is C23H22BrNO. The molecule has 0 saturated heterocycles. The highest BCUT2D eigenvalue weighted by atomic mass is 79.9. The Morgan fingerprint density at radius 2 is 1.77 bits per heavy atom. The number of Topliss-reactive ketones (excluding diaryl/α,β-unsaturated/α-hetero) is 1. The lowest BCUT2D eigenvalue weighted by Gasteiger charge is -2.13. The van der Waals surface area contributed by atoms with Gasteiger partial charge in [0, 0.05) is 29.2 Å². The molecule has 0 aliphatic carbocycles. The van der Waals surface area contributed by atoms with Crippen molar-refractivity contribution in [3.05, 3.63) is 88.2 Å². The molecule has 0 fully saturated rings. The van der Waals surface area contributed by atoms with Crippen molar-refractivity contribution in [1.82, 2.24) is 4.98 Å². The van der Waals surface area contributed by atoms with Gasteiger partial charge in [0.15, 0.2) is 0 Å². The molecule has 2 aromatic carbocycles. The lowest BCUT2D eigenvalue weighted by molar-refractivity contribution is -0.118. The number of nitrogens with zero attached hydrogens (tertiary/aromatic N) is 1. The zero-order chi connectivity index (χ0) is 18.5. The molecule has 3 rings (SSSR count). The first kappa shape index (κ1) is 18.5. The van der Waals surface area contributed by atoms with Crippen LogP contribution in [0, 0.1) is 6.92 Å². The smallest absolute Gasteiger partial charge is 0.137 e. The first-order valence-corrected chi connectivity index (χ1v) is 9.60. The molecule has 0 N–H and O–H groups in total. The zero-order valence-electron chi connectivity index (χ0n) is 15.1. The molecular weight excluding hydrogens is 386 g/mol. The van der Waals surface area contributed by atoms with Crippen LogP contribution in [0.4, 0.5) is 0 Å². The molecule has 2 nitrogen and oxygen atoms in total. The van der Waals surface area contributed by atoms with Crippen LogP contribution in [0.1, 0.15) is 36.1 Å². The van der Waals surface area contributed by atoms with Crippen LogP contribution >= 0.6 is 15.9 Å². The highest BCUT2D eigenvalue weighted by Crippen LogP contribution is 2.27. The fourth-order valence-electron chi connectivity index (χ4n) is 3.17. The van der Waals surface area contributed by atoms with Crippen LogP contribution in [0.25, 0.3) is 11.1 Å². The minimum absolute atomic E-state index is 0.206. The molecule has 26 heavy (non-hydrogen) atoms. The van der Waals surface area contributed by atoms with Crippen molar-refractivity contribution in [2.24, 2.45) is 0 Å². The number of ketones is 1. The summed E-state index contributed by atoms with van der Waals surface area (Å²) in [4.78, 5) is 16.7. The zero-order valence-corrected chi connectivity index (χ0v) is 16.7. The highest BCUT2D eigenvalue weighted by Gasteiger charge is 2.14. The summed E-state index contributed by atoms with van der Waals surface area (Å²) in [6.45, 7) is 4.09. The van der Waals surface area contributed by atoms with Gasteiger partial charge in [-0.1, -0.05) is 65.3 Å². The van der Waals surface area contributed by atoms with E-state index in [4.69, 9.17) is 0 Å². The van der Waals surface area contributed by atoms with E-state index in [-0.39, 0.29) is 11.7 Å². The summed E-state index contributed by atoms with van der Waals surface area (Å²) in [6.07, 6.45) is 2.85. The van der Waals surface area contributed by atoms with Gasteiger partial charge in [-0.25, -0.2) is 0 Å². The van der Waals surface area contributed by atoms with Gasteiger partial charge in [0.2, 0.25) is 0 Å². The Labute approximate surface area is 163 Å². The Bertz CT molecular complexity index is 902. The molecule has 0 amide bonds. The largest absolute Gasteiger partial charge is 0.299 e. The SMILES string of the molecule is Cc1cc(-c2ccc(CC(=O)CC(C)c3ccccc3Br)cc2)ccn1. The van der Waals surface area contributed by atoms with Gasteiger partial charge in [-0.15, -0.1) is 0 Å². The quantitative estimate of drug-likeness (QED) is 0.492. The van der Waals surface area contributed by atoms with Crippen molar-refractivity contribution < 1.29 is 4.79 Å². The van der Waals surface area contributed by atoms with Gasteiger partial charge >= 0.3 is 0 Å². The maximum Gasteiger partial charge on any atom is 0.137 e. The number of hydrogen-bond donors (Lipinski definition) is 0. The van der Waals surface area contributed by atoms with Crippen LogP contribution in [-0.4, -0.2) is 10.8 Å². The summed E-state index contributed by atoms with van der Waals surface area (Å²) in [6, 6.07) is 20.4. The number of rotatable bonds is 6. The van der Waals surface area contributed by atoms with Crippen molar-refractivity contribution >= 4 is 21.7 Å². The van der Waals surface area contributed by atoms with Crippen LogP contribution < -0.4 is 0 Å². The lowest BCUT2D eigenvalue weighted by atomic mass is 9.93. The molecule has 1 atom stereocenters. The van der Waals surface area contributed by atoms with E-state index < -0.39 is 0 Å². The van der Waals surface area contributed by atoms with E-state index in [1.807, 2.05) is 49.5 Å². The fourth-order valence-corrected chi connectivity index (χ4v) is 3.84. The number of aryl methyl sites for hydroxylation is 1. The van der Waals surface area contributed by atoms with E-state index in [0.717, 1.165) is 26.9 Å². The van der Waals surface area contributed by atoms with Gasteiger partial charge in [0.05, 0.1) is 0 Å². The molecule has 0 aliphatic rings. The van der Waals surface area contributed by atoms with E-state index in [9.17, 15) is 4.79 Å². The molecule has 132 valence electrons. The van der Waals surface area contributed by atoms with Crippen molar-refractivity contribution in [3.63, 3.8) is 0 Å². The number of halogens is 1. The monoisotopic (exact) mass is 407 g/mol. The highest BCUT2D eigenvalue weighted by molar-refractivity contribution is 9.10.